The van der Waals surface area contributed by atoms with Crippen molar-refractivity contribution in [3.05, 3.63) is 170 Å². The quantitative estimate of drug-likeness (QED) is 0.198. The highest BCUT2D eigenvalue weighted by Crippen LogP contribution is 2.44. The van der Waals surface area contributed by atoms with Crippen molar-refractivity contribution in [2.75, 3.05) is 0 Å². The minimum Gasteiger partial charge on any atom is -0.0622 e. The smallest absolute Gasteiger partial charge is 0.00262 e. The largest absolute Gasteiger partial charge is 0.0622 e. The van der Waals surface area contributed by atoms with Crippen LogP contribution in [0.5, 0.6) is 0 Å². The third-order valence-corrected chi connectivity index (χ3v) is 8.45. The molecule has 0 unspecified atom stereocenters. The van der Waals surface area contributed by atoms with Gasteiger partial charge in [-0.2, -0.15) is 0 Å². The molecule has 0 saturated heterocycles. The normalized spacial score (nSPS) is 11.3. The van der Waals surface area contributed by atoms with Crippen molar-refractivity contribution in [2.24, 2.45) is 0 Å². The third kappa shape index (κ3) is 4.08. The van der Waals surface area contributed by atoms with Crippen molar-refractivity contribution in [3.8, 4) is 44.5 Å². The summed E-state index contributed by atoms with van der Waals surface area (Å²) < 4.78 is 0. The predicted octanol–water partition coefficient (Wildman–Crippen LogP) is 11.8. The van der Waals surface area contributed by atoms with Crippen LogP contribution < -0.4 is 0 Å². The van der Waals surface area contributed by atoms with Crippen molar-refractivity contribution in [2.45, 2.75) is 0 Å². The van der Waals surface area contributed by atoms with Crippen LogP contribution in [0.4, 0.5) is 0 Å². The molecular weight excluding hydrogens is 504 g/mol. The molecule has 0 aliphatic carbocycles. The van der Waals surface area contributed by atoms with Crippen molar-refractivity contribution >= 4 is 32.3 Å². The molecular formula is C42H28. The zero-order valence-electron chi connectivity index (χ0n) is 23.2. The lowest BCUT2D eigenvalue weighted by Gasteiger charge is -2.18. The first-order valence-corrected chi connectivity index (χ1v) is 14.5. The van der Waals surface area contributed by atoms with E-state index < -0.39 is 0 Å². The molecule has 196 valence electrons. The van der Waals surface area contributed by atoms with Crippen LogP contribution in [0.25, 0.3) is 76.8 Å². The standard InChI is InChI=1S/C42H28/c1-3-13-30(14-4-1)35-17-7-8-18-36(35)32-25-23-29-24-26-33(28-34(29)27-32)42-39-21-11-9-19-37(39)41(31-15-5-2-6-16-31)38-20-10-12-22-40(38)42/h1-28H. The monoisotopic (exact) mass is 532 g/mol. The second-order valence-corrected chi connectivity index (χ2v) is 10.9. The van der Waals surface area contributed by atoms with E-state index in [0.29, 0.717) is 0 Å². The molecule has 0 fully saturated rings. The number of benzene rings is 8. The van der Waals surface area contributed by atoms with Crippen molar-refractivity contribution < 1.29 is 0 Å². The molecule has 0 nitrogen and oxygen atoms in total. The maximum absolute atomic E-state index is 2.38. The summed E-state index contributed by atoms with van der Waals surface area (Å²) in [6.45, 7) is 0. The lowest BCUT2D eigenvalue weighted by molar-refractivity contribution is 1.59. The lowest BCUT2D eigenvalue weighted by atomic mass is 9.85. The van der Waals surface area contributed by atoms with Crippen molar-refractivity contribution in [1.29, 1.82) is 0 Å². The van der Waals surface area contributed by atoms with Gasteiger partial charge in [0.2, 0.25) is 0 Å². The van der Waals surface area contributed by atoms with Gasteiger partial charge in [0.1, 0.15) is 0 Å². The van der Waals surface area contributed by atoms with Gasteiger partial charge in [-0.15, -0.1) is 0 Å². The molecule has 0 spiro atoms. The molecule has 8 aromatic carbocycles. The summed E-state index contributed by atoms with van der Waals surface area (Å²) in [6.07, 6.45) is 0. The van der Waals surface area contributed by atoms with Crippen LogP contribution in [0.3, 0.4) is 0 Å². The summed E-state index contributed by atoms with van der Waals surface area (Å²) >= 11 is 0. The van der Waals surface area contributed by atoms with Crippen LogP contribution in [-0.2, 0) is 0 Å². The second kappa shape index (κ2) is 10.2. The molecule has 0 aliphatic rings. The van der Waals surface area contributed by atoms with E-state index >= 15 is 0 Å². The maximum atomic E-state index is 2.38. The SMILES string of the molecule is c1ccc(-c2ccccc2-c2ccc3ccc(-c4c5ccccc5c(-c5ccccc5)c5ccccc45)cc3c2)cc1. The zero-order chi connectivity index (χ0) is 27.9. The summed E-state index contributed by atoms with van der Waals surface area (Å²) in [5.41, 5.74) is 10.0. The second-order valence-electron chi connectivity index (χ2n) is 10.9. The van der Waals surface area contributed by atoms with Crippen LogP contribution in [-0.4, -0.2) is 0 Å². The van der Waals surface area contributed by atoms with E-state index in [2.05, 4.69) is 170 Å². The minimum absolute atomic E-state index is 1.23. The molecule has 0 heterocycles. The highest BCUT2D eigenvalue weighted by Gasteiger charge is 2.16. The van der Waals surface area contributed by atoms with Crippen molar-refractivity contribution in [3.63, 3.8) is 0 Å². The Labute approximate surface area is 246 Å². The Morgan fingerprint density at radius 3 is 1.21 bits per heavy atom. The molecule has 0 saturated carbocycles. The summed E-state index contributed by atoms with van der Waals surface area (Å²) in [4.78, 5) is 0. The molecule has 0 radical (unpaired) electrons. The van der Waals surface area contributed by atoms with Crippen molar-refractivity contribution in [1.82, 2.24) is 0 Å². The molecule has 0 amide bonds. The van der Waals surface area contributed by atoms with Gasteiger partial charge in [-0.3, -0.25) is 0 Å². The van der Waals surface area contributed by atoms with Crippen LogP contribution >= 0.6 is 0 Å². The van der Waals surface area contributed by atoms with Crippen LogP contribution in [0.1, 0.15) is 0 Å². The topological polar surface area (TPSA) is 0 Å². The van der Waals surface area contributed by atoms with E-state index in [0.717, 1.165) is 0 Å². The molecule has 42 heavy (non-hydrogen) atoms. The van der Waals surface area contributed by atoms with Crippen LogP contribution in [0, 0.1) is 0 Å². The Kier molecular flexibility index (Phi) is 5.90. The molecule has 0 aromatic heterocycles. The van der Waals surface area contributed by atoms with Gasteiger partial charge >= 0.3 is 0 Å². The van der Waals surface area contributed by atoms with E-state index in [9.17, 15) is 0 Å². The molecule has 8 aromatic rings. The zero-order valence-corrected chi connectivity index (χ0v) is 23.2. The Bertz CT molecular complexity index is 2170. The summed E-state index contributed by atoms with van der Waals surface area (Å²) in [5, 5.41) is 7.61. The summed E-state index contributed by atoms with van der Waals surface area (Å²) in [7, 11) is 0. The number of hydrogen-bond acceptors (Lipinski definition) is 0. The number of hydrogen-bond donors (Lipinski definition) is 0. The number of fused-ring (bicyclic) bond motifs is 3. The Morgan fingerprint density at radius 2 is 0.643 bits per heavy atom. The maximum Gasteiger partial charge on any atom is -0.00262 e. The van der Waals surface area contributed by atoms with E-state index in [1.54, 1.807) is 0 Å². The van der Waals surface area contributed by atoms with E-state index in [4.69, 9.17) is 0 Å². The summed E-state index contributed by atoms with van der Waals surface area (Å²) in [6, 6.07) is 61.7. The molecule has 8 rings (SSSR count). The molecule has 0 bridgehead atoms. The fraction of sp³-hybridized carbons (Fsp3) is 0. The van der Waals surface area contributed by atoms with E-state index in [1.807, 2.05) is 0 Å². The van der Waals surface area contributed by atoms with Gasteiger partial charge in [0.05, 0.1) is 0 Å². The fourth-order valence-corrected chi connectivity index (χ4v) is 6.53. The van der Waals surface area contributed by atoms with E-state index in [-0.39, 0.29) is 0 Å². The first kappa shape index (κ1) is 24.3. The van der Waals surface area contributed by atoms with Crippen LogP contribution in [0.2, 0.25) is 0 Å². The first-order chi connectivity index (χ1) is 20.8. The third-order valence-electron chi connectivity index (χ3n) is 8.45. The highest BCUT2D eigenvalue weighted by atomic mass is 14.2. The van der Waals surface area contributed by atoms with Gasteiger partial charge < -0.3 is 0 Å². The van der Waals surface area contributed by atoms with Gasteiger partial charge in [-0.25, -0.2) is 0 Å². The summed E-state index contributed by atoms with van der Waals surface area (Å²) in [5.74, 6) is 0. The first-order valence-electron chi connectivity index (χ1n) is 14.5. The fourth-order valence-electron chi connectivity index (χ4n) is 6.53. The van der Waals surface area contributed by atoms with Gasteiger partial charge in [-0.1, -0.05) is 158 Å². The molecule has 0 atom stereocenters. The Morgan fingerprint density at radius 1 is 0.238 bits per heavy atom. The Balaban J connectivity index is 1.36. The molecule has 0 N–H and O–H groups in total. The van der Waals surface area contributed by atoms with Crippen LogP contribution in [0.15, 0.2) is 170 Å². The van der Waals surface area contributed by atoms with Gasteiger partial charge in [0, 0.05) is 0 Å². The molecule has 0 heteroatoms. The average Bonchev–Trinajstić information content (AvgIpc) is 3.07. The molecule has 0 aliphatic heterocycles. The van der Waals surface area contributed by atoms with E-state index in [1.165, 1.54) is 76.8 Å². The van der Waals surface area contributed by atoms with Gasteiger partial charge in [0.15, 0.2) is 0 Å². The van der Waals surface area contributed by atoms with Gasteiger partial charge in [0.25, 0.3) is 0 Å². The highest BCUT2D eigenvalue weighted by molar-refractivity contribution is 6.21. The average molecular weight is 533 g/mol. The van der Waals surface area contributed by atoms with Gasteiger partial charge in [-0.05, 0) is 89.0 Å². The Hall–Kier alpha value is -5.46. The minimum atomic E-state index is 1.23. The predicted molar refractivity (Wildman–Crippen MR) is 181 cm³/mol. The number of rotatable bonds is 4. The lowest BCUT2D eigenvalue weighted by Crippen LogP contribution is -1.91.